The number of benzene rings is 1. The fourth-order valence-corrected chi connectivity index (χ4v) is 2.37. The lowest BCUT2D eigenvalue weighted by atomic mass is 10.1. The first-order valence-electron chi connectivity index (χ1n) is 6.49. The van der Waals surface area contributed by atoms with Gasteiger partial charge in [0.05, 0.1) is 0 Å². The third-order valence-electron chi connectivity index (χ3n) is 3.30. The van der Waals surface area contributed by atoms with E-state index in [1.165, 1.54) is 18.4 Å². The van der Waals surface area contributed by atoms with Crippen molar-refractivity contribution in [1.82, 2.24) is 15.5 Å². The smallest absolute Gasteiger partial charge is 0.228 e. The molecule has 1 aromatic heterocycles. The molecule has 1 unspecified atom stereocenters. The van der Waals surface area contributed by atoms with E-state index in [1.54, 1.807) is 0 Å². The molecule has 2 heterocycles. The van der Waals surface area contributed by atoms with Gasteiger partial charge in [0, 0.05) is 18.9 Å². The third-order valence-corrected chi connectivity index (χ3v) is 3.30. The van der Waals surface area contributed by atoms with Gasteiger partial charge in [0.1, 0.15) is 0 Å². The largest absolute Gasteiger partial charge is 0.339 e. The quantitative estimate of drug-likeness (QED) is 0.891. The first kappa shape index (κ1) is 11.4. The lowest BCUT2D eigenvalue weighted by Gasteiger charge is -2.04. The summed E-state index contributed by atoms with van der Waals surface area (Å²) in [6.45, 7) is 1.11. The van der Waals surface area contributed by atoms with Crippen LogP contribution in [0.3, 0.4) is 0 Å². The molecule has 1 atom stereocenters. The fraction of sp³-hybridized carbons (Fsp3) is 0.429. The molecular formula is C14H17N3O. The normalized spacial score (nSPS) is 19.2. The summed E-state index contributed by atoms with van der Waals surface area (Å²) in [6.07, 6.45) is 4.04. The monoisotopic (exact) mass is 243 g/mol. The summed E-state index contributed by atoms with van der Waals surface area (Å²) in [5, 5.41) is 7.48. The van der Waals surface area contributed by atoms with Crippen molar-refractivity contribution in [2.45, 2.75) is 31.7 Å². The molecule has 0 saturated carbocycles. The Labute approximate surface area is 106 Å². The Bertz CT molecular complexity index is 489. The molecule has 1 aliphatic rings. The van der Waals surface area contributed by atoms with Crippen molar-refractivity contribution in [3.05, 3.63) is 47.6 Å². The highest BCUT2D eigenvalue weighted by Crippen LogP contribution is 2.12. The van der Waals surface area contributed by atoms with Gasteiger partial charge in [-0.3, -0.25) is 0 Å². The first-order valence-corrected chi connectivity index (χ1v) is 6.49. The SMILES string of the molecule is c1ccc(Cc2noc(CC3CCCN3)n2)cc1. The van der Waals surface area contributed by atoms with Crippen LogP contribution in [-0.2, 0) is 12.8 Å². The number of aromatic nitrogens is 2. The second-order valence-electron chi connectivity index (χ2n) is 4.76. The van der Waals surface area contributed by atoms with Crippen molar-refractivity contribution < 1.29 is 4.52 Å². The van der Waals surface area contributed by atoms with Gasteiger partial charge in [-0.1, -0.05) is 35.5 Å². The topological polar surface area (TPSA) is 51.0 Å². The summed E-state index contributed by atoms with van der Waals surface area (Å²) in [5.41, 5.74) is 1.21. The van der Waals surface area contributed by atoms with Crippen molar-refractivity contribution in [3.8, 4) is 0 Å². The van der Waals surface area contributed by atoms with E-state index in [2.05, 4.69) is 27.6 Å². The van der Waals surface area contributed by atoms with Crippen LogP contribution in [0, 0.1) is 0 Å². The van der Waals surface area contributed by atoms with Gasteiger partial charge in [-0.15, -0.1) is 0 Å². The van der Waals surface area contributed by atoms with Crippen molar-refractivity contribution in [3.63, 3.8) is 0 Å². The number of nitrogens with one attached hydrogen (secondary N) is 1. The molecule has 94 valence electrons. The van der Waals surface area contributed by atoms with Crippen LogP contribution >= 0.6 is 0 Å². The van der Waals surface area contributed by atoms with Crippen LogP contribution in [-0.4, -0.2) is 22.7 Å². The number of rotatable bonds is 4. The van der Waals surface area contributed by atoms with Crippen LogP contribution in [0.15, 0.2) is 34.9 Å². The van der Waals surface area contributed by atoms with E-state index in [4.69, 9.17) is 4.52 Å². The van der Waals surface area contributed by atoms with Gasteiger partial charge in [-0.2, -0.15) is 4.98 Å². The molecule has 1 saturated heterocycles. The second-order valence-corrected chi connectivity index (χ2v) is 4.76. The van der Waals surface area contributed by atoms with E-state index in [-0.39, 0.29) is 0 Å². The Morgan fingerprint density at radius 1 is 1.28 bits per heavy atom. The number of hydrogen-bond donors (Lipinski definition) is 1. The summed E-state index contributed by atoms with van der Waals surface area (Å²) in [7, 11) is 0. The zero-order valence-corrected chi connectivity index (χ0v) is 10.3. The highest BCUT2D eigenvalue weighted by Gasteiger charge is 2.18. The third kappa shape index (κ3) is 2.76. The Morgan fingerprint density at radius 2 is 2.17 bits per heavy atom. The molecule has 1 fully saturated rings. The van der Waals surface area contributed by atoms with Crippen molar-refractivity contribution in [1.29, 1.82) is 0 Å². The second kappa shape index (κ2) is 5.31. The van der Waals surface area contributed by atoms with E-state index in [1.807, 2.05) is 18.2 Å². The van der Waals surface area contributed by atoms with E-state index < -0.39 is 0 Å². The van der Waals surface area contributed by atoms with Gasteiger partial charge in [-0.25, -0.2) is 0 Å². The molecular weight excluding hydrogens is 226 g/mol. The van der Waals surface area contributed by atoms with Crippen LogP contribution < -0.4 is 5.32 Å². The zero-order chi connectivity index (χ0) is 12.2. The molecule has 1 N–H and O–H groups in total. The minimum Gasteiger partial charge on any atom is -0.339 e. The summed E-state index contributed by atoms with van der Waals surface area (Å²) in [5.74, 6) is 1.52. The van der Waals surface area contributed by atoms with Crippen molar-refractivity contribution in [2.75, 3.05) is 6.54 Å². The first-order chi connectivity index (χ1) is 8.90. The molecule has 0 radical (unpaired) electrons. The predicted molar refractivity (Wildman–Crippen MR) is 68.3 cm³/mol. The van der Waals surface area contributed by atoms with E-state index in [0.717, 1.165) is 31.1 Å². The molecule has 0 bridgehead atoms. The fourth-order valence-electron chi connectivity index (χ4n) is 2.37. The van der Waals surface area contributed by atoms with Crippen LogP contribution in [0.2, 0.25) is 0 Å². The lowest BCUT2D eigenvalue weighted by molar-refractivity contribution is 0.360. The predicted octanol–water partition coefficient (Wildman–Crippen LogP) is 1.95. The van der Waals surface area contributed by atoms with Gasteiger partial charge in [0.15, 0.2) is 5.82 Å². The highest BCUT2D eigenvalue weighted by atomic mass is 16.5. The molecule has 4 nitrogen and oxygen atoms in total. The minimum atomic E-state index is 0.509. The van der Waals surface area contributed by atoms with Crippen molar-refractivity contribution >= 4 is 0 Å². The van der Waals surface area contributed by atoms with Crippen LogP contribution in [0.4, 0.5) is 0 Å². The number of nitrogens with zero attached hydrogens (tertiary/aromatic N) is 2. The molecule has 4 heteroatoms. The van der Waals surface area contributed by atoms with Gasteiger partial charge in [-0.05, 0) is 24.9 Å². The van der Waals surface area contributed by atoms with E-state index in [9.17, 15) is 0 Å². The summed E-state index contributed by atoms with van der Waals surface area (Å²) < 4.78 is 5.30. The van der Waals surface area contributed by atoms with E-state index >= 15 is 0 Å². The lowest BCUT2D eigenvalue weighted by Crippen LogP contribution is -2.23. The van der Waals surface area contributed by atoms with Gasteiger partial charge in [0.25, 0.3) is 0 Å². The van der Waals surface area contributed by atoms with Gasteiger partial charge in [0.2, 0.25) is 5.89 Å². The standard InChI is InChI=1S/C14H17N3O/c1-2-5-11(6-3-1)9-13-16-14(18-17-13)10-12-7-4-8-15-12/h1-3,5-6,12,15H,4,7-10H2. The van der Waals surface area contributed by atoms with Crippen LogP contribution in [0.1, 0.15) is 30.1 Å². The minimum absolute atomic E-state index is 0.509. The Hall–Kier alpha value is -1.68. The molecule has 0 aliphatic carbocycles. The average Bonchev–Trinajstić information content (AvgIpc) is 3.03. The molecule has 3 rings (SSSR count). The van der Waals surface area contributed by atoms with Gasteiger partial charge < -0.3 is 9.84 Å². The maximum absolute atomic E-state index is 5.30. The molecule has 1 aromatic carbocycles. The maximum Gasteiger partial charge on any atom is 0.228 e. The Balaban J connectivity index is 1.62. The highest BCUT2D eigenvalue weighted by molar-refractivity contribution is 5.18. The maximum atomic E-state index is 5.30. The Morgan fingerprint density at radius 3 is 2.94 bits per heavy atom. The van der Waals surface area contributed by atoms with Gasteiger partial charge >= 0.3 is 0 Å². The molecule has 0 amide bonds. The van der Waals surface area contributed by atoms with Crippen LogP contribution in [0.25, 0.3) is 0 Å². The molecule has 2 aromatic rings. The number of hydrogen-bond acceptors (Lipinski definition) is 4. The summed E-state index contributed by atoms with van der Waals surface area (Å²) in [6, 6.07) is 10.7. The van der Waals surface area contributed by atoms with Crippen molar-refractivity contribution in [2.24, 2.45) is 0 Å². The average molecular weight is 243 g/mol. The molecule has 1 aliphatic heterocycles. The molecule has 18 heavy (non-hydrogen) atoms. The Kier molecular flexibility index (Phi) is 3.37. The summed E-state index contributed by atoms with van der Waals surface area (Å²) >= 11 is 0. The zero-order valence-electron chi connectivity index (χ0n) is 10.3. The molecule has 0 spiro atoms. The summed E-state index contributed by atoms with van der Waals surface area (Å²) in [4.78, 5) is 4.45. The van der Waals surface area contributed by atoms with E-state index in [0.29, 0.717) is 6.04 Å². The van der Waals surface area contributed by atoms with Crippen LogP contribution in [0.5, 0.6) is 0 Å².